The Labute approximate surface area is 256 Å². The van der Waals surface area contributed by atoms with Crippen LogP contribution in [0.15, 0.2) is 52.7 Å². The quantitative estimate of drug-likeness (QED) is 0.285. The summed E-state index contributed by atoms with van der Waals surface area (Å²) in [7, 11) is 0. The van der Waals surface area contributed by atoms with Crippen LogP contribution in [0.25, 0.3) is 22.0 Å². The van der Waals surface area contributed by atoms with Gasteiger partial charge >= 0.3 is 11.9 Å². The molecule has 4 heterocycles. The Kier molecular flexibility index (Phi) is 6.89. The Balaban J connectivity index is 1.46. The molecule has 1 amide bonds. The van der Waals surface area contributed by atoms with Crippen molar-refractivity contribution < 1.29 is 22.4 Å². The van der Waals surface area contributed by atoms with Crippen molar-refractivity contribution in [2.45, 2.75) is 62.4 Å². The summed E-state index contributed by atoms with van der Waals surface area (Å²) in [6.07, 6.45) is -1.18. The number of alkyl halides is 3. The number of hydrogen-bond acceptors (Lipinski definition) is 6. The van der Waals surface area contributed by atoms with Crippen LogP contribution < -0.4 is 10.6 Å². The number of carbonyl (C=O) groups excluding carboxylic acids is 1. The molecule has 3 fully saturated rings. The molecule has 3 aromatic rings. The maximum Gasteiger partial charge on any atom is 0.417 e. The first kappa shape index (κ1) is 29.3. The minimum absolute atomic E-state index is 0.0430. The second kappa shape index (κ2) is 10.3. The average Bonchev–Trinajstić information content (AvgIpc) is 3.81. The van der Waals surface area contributed by atoms with Gasteiger partial charge in [-0.1, -0.05) is 18.7 Å². The molecular weight excluding hydrogens is 594 g/mol. The molecule has 1 aliphatic carbocycles. The standard InChI is InChI=1S/C32H33F4N5O2S/c1-4-25(42)39-12-19(3)40(13-18(39)2)29-23-11-24(32(34,35)36)26(20-5-7-21(33)8-6-20)28-27(23)41(30(43)37-29)16-31(17-44-28)14-38(15-31)22-9-10-22/h4-8,11,18-19,22H,1,9-10,12-17H2,2-3H3/t18-,19+/m1/s1. The van der Waals surface area contributed by atoms with Gasteiger partial charge in [0.05, 0.1) is 11.1 Å². The highest BCUT2D eigenvalue weighted by Crippen LogP contribution is 2.52. The van der Waals surface area contributed by atoms with Crippen molar-refractivity contribution in [3.05, 3.63) is 64.9 Å². The molecule has 0 N–H and O–H groups in total. The summed E-state index contributed by atoms with van der Waals surface area (Å²) in [5.41, 5.74) is -0.999. The zero-order chi connectivity index (χ0) is 31.1. The lowest BCUT2D eigenvalue weighted by Gasteiger charge is -2.50. The van der Waals surface area contributed by atoms with Gasteiger partial charge in [-0.15, -0.1) is 11.8 Å². The third-order valence-electron chi connectivity index (χ3n) is 9.51. The van der Waals surface area contributed by atoms with E-state index in [-0.39, 0.29) is 52.3 Å². The van der Waals surface area contributed by atoms with E-state index in [2.05, 4.69) is 16.5 Å². The van der Waals surface area contributed by atoms with E-state index in [1.54, 1.807) is 9.47 Å². The Morgan fingerprint density at radius 2 is 1.80 bits per heavy atom. The Morgan fingerprint density at radius 1 is 1.09 bits per heavy atom. The molecule has 44 heavy (non-hydrogen) atoms. The SMILES string of the molecule is C=CC(=O)N1C[C@H](C)N(c2nc(=O)n3c4c(c(-c5ccc(F)cc5)c(C(F)(F)F)cc24)SCC2(CN(C4CC4)C2)C3)C[C@H]1C. The van der Waals surface area contributed by atoms with Crippen molar-refractivity contribution in [3.8, 4) is 11.1 Å². The summed E-state index contributed by atoms with van der Waals surface area (Å²) < 4.78 is 60.5. The van der Waals surface area contributed by atoms with Gasteiger partial charge in [0.25, 0.3) is 0 Å². The second-order valence-electron chi connectivity index (χ2n) is 12.8. The Hall–Kier alpha value is -3.38. The molecule has 3 aliphatic heterocycles. The van der Waals surface area contributed by atoms with E-state index >= 15 is 0 Å². The van der Waals surface area contributed by atoms with Crippen LogP contribution in [0.5, 0.6) is 0 Å². The summed E-state index contributed by atoms with van der Waals surface area (Å²) >= 11 is 1.36. The van der Waals surface area contributed by atoms with Crippen molar-refractivity contribution in [1.82, 2.24) is 19.4 Å². The van der Waals surface area contributed by atoms with Gasteiger partial charge in [-0.05, 0) is 56.5 Å². The number of likely N-dealkylation sites (tertiary alicyclic amines) is 1. The molecule has 12 heteroatoms. The van der Waals surface area contributed by atoms with Gasteiger partial charge in [0.15, 0.2) is 0 Å². The lowest BCUT2D eigenvalue weighted by atomic mass is 9.81. The lowest BCUT2D eigenvalue weighted by molar-refractivity contribution is -0.137. The minimum Gasteiger partial charge on any atom is -0.349 e. The molecule has 1 spiro atoms. The van der Waals surface area contributed by atoms with E-state index in [1.165, 1.54) is 30.0 Å². The fraction of sp³-hybridized carbons (Fsp3) is 0.469. The van der Waals surface area contributed by atoms with Gasteiger partial charge in [0, 0.05) is 77.9 Å². The van der Waals surface area contributed by atoms with Crippen LogP contribution >= 0.6 is 11.8 Å². The van der Waals surface area contributed by atoms with E-state index in [0.717, 1.165) is 44.1 Å². The van der Waals surface area contributed by atoms with Crippen molar-refractivity contribution in [3.63, 3.8) is 0 Å². The number of benzene rings is 2. The van der Waals surface area contributed by atoms with Crippen LogP contribution in [0.4, 0.5) is 23.4 Å². The topological polar surface area (TPSA) is 61.7 Å². The molecule has 1 saturated carbocycles. The van der Waals surface area contributed by atoms with Crippen molar-refractivity contribution in [2.24, 2.45) is 5.41 Å². The highest BCUT2D eigenvalue weighted by molar-refractivity contribution is 7.99. The molecule has 0 radical (unpaired) electrons. The normalized spacial score (nSPS) is 23.5. The molecule has 2 aromatic carbocycles. The number of thioether (sulfide) groups is 1. The number of anilines is 1. The predicted octanol–water partition coefficient (Wildman–Crippen LogP) is 5.40. The molecule has 1 aromatic heterocycles. The fourth-order valence-corrected chi connectivity index (χ4v) is 8.64. The monoisotopic (exact) mass is 627 g/mol. The molecular formula is C32H33F4N5O2S. The number of aromatic nitrogens is 2. The summed E-state index contributed by atoms with van der Waals surface area (Å²) in [6.45, 7) is 9.83. The van der Waals surface area contributed by atoms with Gasteiger partial charge in [-0.25, -0.2) is 9.18 Å². The molecule has 232 valence electrons. The van der Waals surface area contributed by atoms with Gasteiger partial charge in [-0.2, -0.15) is 18.2 Å². The molecule has 0 unspecified atom stereocenters. The smallest absolute Gasteiger partial charge is 0.349 e. The third-order valence-corrected chi connectivity index (χ3v) is 11.0. The number of piperazine rings is 1. The van der Waals surface area contributed by atoms with Crippen LogP contribution in [-0.2, 0) is 17.5 Å². The molecule has 2 atom stereocenters. The minimum atomic E-state index is -4.73. The summed E-state index contributed by atoms with van der Waals surface area (Å²) in [5.74, 6) is -0.0343. The Morgan fingerprint density at radius 3 is 2.43 bits per heavy atom. The Bertz CT molecular complexity index is 1730. The van der Waals surface area contributed by atoms with E-state index in [9.17, 15) is 27.2 Å². The zero-order valence-electron chi connectivity index (χ0n) is 24.5. The third kappa shape index (κ3) is 4.81. The first-order valence-electron chi connectivity index (χ1n) is 14.9. The van der Waals surface area contributed by atoms with Gasteiger partial charge in [-0.3, -0.25) is 14.3 Å². The molecule has 4 aliphatic rings. The molecule has 7 nitrogen and oxygen atoms in total. The molecule has 7 rings (SSSR count). The molecule has 2 saturated heterocycles. The number of nitrogens with zero attached hydrogens (tertiary/aromatic N) is 5. The summed E-state index contributed by atoms with van der Waals surface area (Å²) in [4.78, 5) is 37.2. The number of rotatable bonds is 4. The highest BCUT2D eigenvalue weighted by Gasteiger charge is 2.50. The summed E-state index contributed by atoms with van der Waals surface area (Å²) in [6, 6.07) is 6.11. The number of carbonyl (C=O) groups is 1. The fourth-order valence-electron chi connectivity index (χ4n) is 7.18. The zero-order valence-corrected chi connectivity index (χ0v) is 25.3. The van der Waals surface area contributed by atoms with E-state index in [1.807, 2.05) is 18.7 Å². The van der Waals surface area contributed by atoms with E-state index in [0.29, 0.717) is 35.3 Å². The van der Waals surface area contributed by atoms with Crippen LogP contribution in [0, 0.1) is 11.2 Å². The van der Waals surface area contributed by atoms with Crippen LogP contribution in [0.1, 0.15) is 32.3 Å². The van der Waals surface area contributed by atoms with E-state index < -0.39 is 23.2 Å². The van der Waals surface area contributed by atoms with Gasteiger partial charge in [0.1, 0.15) is 11.6 Å². The van der Waals surface area contributed by atoms with Crippen molar-refractivity contribution in [2.75, 3.05) is 36.8 Å². The first-order valence-corrected chi connectivity index (χ1v) is 15.9. The van der Waals surface area contributed by atoms with Gasteiger partial charge < -0.3 is 9.80 Å². The second-order valence-corrected chi connectivity index (χ2v) is 13.8. The lowest BCUT2D eigenvalue weighted by Crippen LogP contribution is -2.60. The average molecular weight is 628 g/mol. The van der Waals surface area contributed by atoms with Crippen LogP contribution in [0.2, 0.25) is 0 Å². The largest absolute Gasteiger partial charge is 0.417 e. The number of amides is 1. The van der Waals surface area contributed by atoms with E-state index in [4.69, 9.17) is 0 Å². The van der Waals surface area contributed by atoms with Crippen LogP contribution in [-0.4, -0.2) is 75.3 Å². The van der Waals surface area contributed by atoms with Crippen molar-refractivity contribution in [1.29, 1.82) is 0 Å². The number of halogens is 4. The molecule has 0 bridgehead atoms. The highest BCUT2D eigenvalue weighted by atomic mass is 32.2. The summed E-state index contributed by atoms with van der Waals surface area (Å²) in [5, 5.41) is 0.253. The van der Waals surface area contributed by atoms with Crippen LogP contribution in [0.3, 0.4) is 0 Å². The maximum atomic E-state index is 15.0. The van der Waals surface area contributed by atoms with Crippen molar-refractivity contribution >= 4 is 34.4 Å². The number of hydrogen-bond donors (Lipinski definition) is 0. The maximum absolute atomic E-state index is 15.0. The first-order chi connectivity index (χ1) is 20.9. The predicted molar refractivity (Wildman–Crippen MR) is 162 cm³/mol. The van der Waals surface area contributed by atoms with Gasteiger partial charge in [0.2, 0.25) is 5.91 Å².